The van der Waals surface area contributed by atoms with E-state index in [4.69, 9.17) is 18.6 Å². The van der Waals surface area contributed by atoms with Gasteiger partial charge in [-0.15, -0.1) is 0 Å². The van der Waals surface area contributed by atoms with E-state index in [1.54, 1.807) is 37.4 Å². The van der Waals surface area contributed by atoms with Gasteiger partial charge in [0.15, 0.2) is 5.76 Å². The highest BCUT2D eigenvalue weighted by Crippen LogP contribution is 2.19. The third-order valence-corrected chi connectivity index (χ3v) is 5.67. The number of furan rings is 1. The zero-order valence-electron chi connectivity index (χ0n) is 19.9. The number of rotatable bonds is 9. The van der Waals surface area contributed by atoms with Gasteiger partial charge in [-0.3, -0.25) is 14.6 Å². The standard InChI is InChI=1S/C26H29N3O6/c1-32-18-22-9-10-24(35-22)26(31)29-15-23(34-17-19-6-5-8-21(12-19)33-2)14-28(25(30)16-29)13-20-7-3-4-11-27-20/h3-12,23H,13-18H2,1-2H3/t23-/m0/s1. The molecule has 3 aromatic rings. The van der Waals surface area contributed by atoms with Crippen LogP contribution in [-0.4, -0.2) is 66.6 Å². The minimum absolute atomic E-state index is 0.0784. The lowest BCUT2D eigenvalue weighted by Gasteiger charge is -2.24. The van der Waals surface area contributed by atoms with Crippen molar-refractivity contribution in [2.75, 3.05) is 33.9 Å². The molecule has 1 atom stereocenters. The predicted molar refractivity (Wildman–Crippen MR) is 127 cm³/mol. The fourth-order valence-corrected chi connectivity index (χ4v) is 3.92. The summed E-state index contributed by atoms with van der Waals surface area (Å²) in [6, 6.07) is 16.5. The van der Waals surface area contributed by atoms with Crippen molar-refractivity contribution in [2.24, 2.45) is 0 Å². The fourth-order valence-electron chi connectivity index (χ4n) is 3.92. The lowest BCUT2D eigenvalue weighted by atomic mass is 10.2. The smallest absolute Gasteiger partial charge is 0.290 e. The average molecular weight is 480 g/mol. The molecule has 1 saturated heterocycles. The van der Waals surface area contributed by atoms with E-state index in [1.165, 1.54) is 4.90 Å². The van der Waals surface area contributed by atoms with Gasteiger partial charge < -0.3 is 28.4 Å². The Kier molecular flexibility index (Phi) is 8.12. The molecule has 3 heterocycles. The van der Waals surface area contributed by atoms with Crippen molar-refractivity contribution in [3.8, 4) is 5.75 Å². The Labute approximate surface area is 204 Å². The van der Waals surface area contributed by atoms with Gasteiger partial charge in [0.25, 0.3) is 5.91 Å². The summed E-state index contributed by atoms with van der Waals surface area (Å²) < 4.78 is 22.2. The molecule has 0 unspecified atom stereocenters. The van der Waals surface area contributed by atoms with Gasteiger partial charge in [-0.05, 0) is 42.0 Å². The van der Waals surface area contributed by atoms with Crippen molar-refractivity contribution < 1.29 is 28.2 Å². The third-order valence-electron chi connectivity index (χ3n) is 5.67. The van der Waals surface area contributed by atoms with Crippen molar-refractivity contribution >= 4 is 11.8 Å². The molecule has 2 amide bonds. The minimum Gasteiger partial charge on any atom is -0.497 e. The van der Waals surface area contributed by atoms with E-state index in [0.717, 1.165) is 17.0 Å². The summed E-state index contributed by atoms with van der Waals surface area (Å²) in [5.41, 5.74) is 1.70. The van der Waals surface area contributed by atoms with Crippen LogP contribution in [0.3, 0.4) is 0 Å². The lowest BCUT2D eigenvalue weighted by molar-refractivity contribution is -0.132. The van der Waals surface area contributed by atoms with Gasteiger partial charge in [-0.1, -0.05) is 18.2 Å². The van der Waals surface area contributed by atoms with E-state index in [9.17, 15) is 9.59 Å². The summed E-state index contributed by atoms with van der Waals surface area (Å²) in [7, 11) is 3.17. The monoisotopic (exact) mass is 479 g/mol. The van der Waals surface area contributed by atoms with Crippen LogP contribution in [0.25, 0.3) is 0 Å². The van der Waals surface area contributed by atoms with E-state index in [1.807, 2.05) is 42.5 Å². The Morgan fingerprint density at radius 3 is 2.74 bits per heavy atom. The van der Waals surface area contributed by atoms with Crippen LogP contribution in [0.5, 0.6) is 5.75 Å². The average Bonchev–Trinajstić information content (AvgIpc) is 3.29. The normalized spacial score (nSPS) is 16.3. The number of hydrogen-bond donors (Lipinski definition) is 0. The Balaban J connectivity index is 1.52. The number of benzene rings is 1. The highest BCUT2D eigenvalue weighted by molar-refractivity contribution is 5.94. The summed E-state index contributed by atoms with van der Waals surface area (Å²) in [5, 5.41) is 0. The number of nitrogens with zero attached hydrogens (tertiary/aromatic N) is 3. The first-order valence-electron chi connectivity index (χ1n) is 11.3. The topological polar surface area (TPSA) is 94.3 Å². The van der Waals surface area contributed by atoms with E-state index >= 15 is 0 Å². The first-order chi connectivity index (χ1) is 17.1. The van der Waals surface area contributed by atoms with E-state index < -0.39 is 6.10 Å². The van der Waals surface area contributed by atoms with Crippen LogP contribution in [-0.2, 0) is 34.0 Å². The quantitative estimate of drug-likeness (QED) is 0.466. The second-order valence-electron chi connectivity index (χ2n) is 8.26. The first kappa shape index (κ1) is 24.4. The summed E-state index contributed by atoms with van der Waals surface area (Å²) in [4.78, 5) is 33.9. The molecule has 2 aromatic heterocycles. The third kappa shape index (κ3) is 6.46. The maximum absolute atomic E-state index is 13.2. The Morgan fingerprint density at radius 1 is 1.09 bits per heavy atom. The van der Waals surface area contributed by atoms with Gasteiger partial charge in [-0.2, -0.15) is 0 Å². The van der Waals surface area contributed by atoms with Gasteiger partial charge in [0.05, 0.1) is 32.1 Å². The van der Waals surface area contributed by atoms with Gasteiger partial charge in [0, 0.05) is 26.4 Å². The van der Waals surface area contributed by atoms with E-state index in [0.29, 0.717) is 25.5 Å². The maximum Gasteiger partial charge on any atom is 0.290 e. The molecule has 0 saturated carbocycles. The highest BCUT2D eigenvalue weighted by atomic mass is 16.5. The van der Waals surface area contributed by atoms with E-state index in [2.05, 4.69) is 4.98 Å². The number of carbonyl (C=O) groups excluding carboxylic acids is 2. The number of carbonyl (C=O) groups is 2. The molecule has 0 N–H and O–H groups in total. The molecule has 9 nitrogen and oxygen atoms in total. The maximum atomic E-state index is 13.2. The number of ether oxygens (including phenoxy) is 3. The van der Waals surface area contributed by atoms with Gasteiger partial charge >= 0.3 is 0 Å². The fraction of sp³-hybridized carbons (Fsp3) is 0.346. The van der Waals surface area contributed by atoms with E-state index in [-0.39, 0.29) is 37.3 Å². The predicted octanol–water partition coefficient (Wildman–Crippen LogP) is 2.90. The van der Waals surface area contributed by atoms with Crippen molar-refractivity contribution in [3.63, 3.8) is 0 Å². The number of pyridine rings is 1. The molecule has 9 heteroatoms. The zero-order chi connectivity index (χ0) is 24.6. The zero-order valence-corrected chi connectivity index (χ0v) is 19.9. The molecule has 0 radical (unpaired) electrons. The van der Waals surface area contributed by atoms with Gasteiger partial charge in [0.1, 0.15) is 24.7 Å². The SMILES string of the molecule is COCc1ccc(C(=O)N2CC(=O)N(Cc3ccccn3)C[C@H](OCc3cccc(OC)c3)C2)o1. The van der Waals surface area contributed by atoms with Crippen molar-refractivity contribution in [1.29, 1.82) is 0 Å². The number of methoxy groups -OCH3 is 2. The minimum atomic E-state index is -0.409. The van der Waals surface area contributed by atoms with Crippen LogP contribution in [0.1, 0.15) is 27.6 Å². The molecule has 1 fully saturated rings. The van der Waals surface area contributed by atoms with Gasteiger partial charge in [0.2, 0.25) is 5.91 Å². The largest absolute Gasteiger partial charge is 0.497 e. The van der Waals surface area contributed by atoms with Crippen LogP contribution >= 0.6 is 0 Å². The van der Waals surface area contributed by atoms with Crippen LogP contribution < -0.4 is 4.74 Å². The van der Waals surface area contributed by atoms with Crippen molar-refractivity contribution in [2.45, 2.75) is 25.9 Å². The molecule has 0 aliphatic carbocycles. The van der Waals surface area contributed by atoms with Crippen molar-refractivity contribution in [1.82, 2.24) is 14.8 Å². The number of amides is 2. The summed E-state index contributed by atoms with van der Waals surface area (Å²) >= 11 is 0. The molecule has 0 bridgehead atoms. The molecular weight excluding hydrogens is 450 g/mol. The molecule has 4 rings (SSSR count). The molecule has 1 aliphatic heterocycles. The number of aromatic nitrogens is 1. The Hall–Kier alpha value is -3.69. The first-order valence-corrected chi connectivity index (χ1v) is 11.3. The summed E-state index contributed by atoms with van der Waals surface area (Å²) in [6.45, 7) is 1.40. The van der Waals surface area contributed by atoms with Crippen LogP contribution in [0.4, 0.5) is 0 Å². The van der Waals surface area contributed by atoms with Gasteiger partial charge in [-0.25, -0.2) is 0 Å². The van der Waals surface area contributed by atoms with Crippen LogP contribution in [0.2, 0.25) is 0 Å². The summed E-state index contributed by atoms with van der Waals surface area (Å²) in [6.07, 6.45) is 1.28. The molecular formula is C26H29N3O6. The molecule has 0 spiro atoms. The van der Waals surface area contributed by atoms with Crippen LogP contribution in [0, 0.1) is 0 Å². The summed E-state index contributed by atoms with van der Waals surface area (Å²) in [5.74, 6) is 0.894. The lowest BCUT2D eigenvalue weighted by Crippen LogP contribution is -2.39. The molecule has 184 valence electrons. The van der Waals surface area contributed by atoms with Crippen LogP contribution in [0.15, 0.2) is 65.2 Å². The highest BCUT2D eigenvalue weighted by Gasteiger charge is 2.32. The second kappa shape index (κ2) is 11.6. The molecule has 35 heavy (non-hydrogen) atoms. The second-order valence-corrected chi connectivity index (χ2v) is 8.26. The molecule has 1 aliphatic rings. The Bertz CT molecular complexity index is 1130. The Morgan fingerprint density at radius 2 is 1.97 bits per heavy atom. The van der Waals surface area contributed by atoms with Crippen molar-refractivity contribution in [3.05, 3.63) is 83.6 Å². The molecule has 1 aromatic carbocycles. The number of hydrogen-bond acceptors (Lipinski definition) is 7.